The molecule has 0 fully saturated rings. The molecule has 1 aromatic rings. The lowest BCUT2D eigenvalue weighted by molar-refractivity contribution is 0.229. The first-order valence-corrected chi connectivity index (χ1v) is 4.88. The number of nitrogens with zero attached hydrogens (tertiary/aromatic N) is 2. The Bertz CT molecular complexity index is 380. The van der Waals surface area contributed by atoms with Crippen LogP contribution >= 0.6 is 0 Å². The molecule has 6 nitrogen and oxygen atoms in total. The van der Waals surface area contributed by atoms with E-state index in [1.807, 2.05) is 6.92 Å². The van der Waals surface area contributed by atoms with Gasteiger partial charge in [-0.25, -0.2) is 4.98 Å². The van der Waals surface area contributed by atoms with Crippen molar-refractivity contribution in [2.75, 3.05) is 13.2 Å². The summed E-state index contributed by atoms with van der Waals surface area (Å²) in [5, 5.41) is 20.2. The Morgan fingerprint density at radius 1 is 1.62 bits per heavy atom. The van der Waals surface area contributed by atoms with Crippen molar-refractivity contribution in [3.05, 3.63) is 23.4 Å². The van der Waals surface area contributed by atoms with Gasteiger partial charge >= 0.3 is 0 Å². The number of aliphatic hydroxyl groups excluding tert-OH is 1. The minimum Gasteiger partial charge on any atom is -0.477 e. The number of hydrogen-bond acceptors (Lipinski definition) is 5. The summed E-state index contributed by atoms with van der Waals surface area (Å²) in [6.07, 6.45) is 2.09. The van der Waals surface area contributed by atoms with Gasteiger partial charge in [-0.15, -0.1) is 0 Å². The minimum atomic E-state index is -0.0374. The lowest BCUT2D eigenvalue weighted by Crippen LogP contribution is -2.17. The second-order valence-electron chi connectivity index (χ2n) is 3.22. The maximum Gasteiger partial charge on any atom is 0.224 e. The molecule has 1 heterocycles. The van der Waals surface area contributed by atoms with Gasteiger partial charge in [0, 0.05) is 19.2 Å². The molecule has 88 valence electrons. The highest BCUT2D eigenvalue weighted by Gasteiger charge is 2.12. The van der Waals surface area contributed by atoms with Crippen molar-refractivity contribution < 1.29 is 15.1 Å². The molecule has 0 spiro atoms. The molecule has 0 saturated heterocycles. The number of ether oxygens (including phenoxy) is 1. The van der Waals surface area contributed by atoms with E-state index in [0.717, 1.165) is 5.56 Å². The topological polar surface area (TPSA) is 101 Å². The van der Waals surface area contributed by atoms with E-state index in [-0.39, 0.29) is 12.4 Å². The number of pyridine rings is 1. The van der Waals surface area contributed by atoms with Gasteiger partial charge in [0.25, 0.3) is 0 Å². The van der Waals surface area contributed by atoms with E-state index < -0.39 is 0 Å². The molecular weight excluding hydrogens is 210 g/mol. The van der Waals surface area contributed by atoms with Crippen LogP contribution in [0.15, 0.2) is 17.4 Å². The van der Waals surface area contributed by atoms with Crippen LogP contribution in [0.2, 0.25) is 0 Å². The van der Waals surface area contributed by atoms with E-state index in [9.17, 15) is 0 Å². The second kappa shape index (κ2) is 5.92. The van der Waals surface area contributed by atoms with Gasteiger partial charge in [-0.2, -0.15) is 0 Å². The van der Waals surface area contributed by atoms with Crippen molar-refractivity contribution in [3.63, 3.8) is 0 Å². The monoisotopic (exact) mass is 225 g/mol. The lowest BCUT2D eigenvalue weighted by Gasteiger charge is -2.10. The first-order valence-electron chi connectivity index (χ1n) is 4.88. The predicted octanol–water partition coefficient (Wildman–Crippen LogP) is 0.246. The summed E-state index contributed by atoms with van der Waals surface area (Å²) >= 11 is 0. The quantitative estimate of drug-likeness (QED) is 0.219. The standard InChI is InChI=1S/C10H15N3O3/c1-7-3-4-12-10(16-6-2-5-14)8(7)9(11)13-15/h3-4,14-15H,2,5-6H2,1H3,(H2,11,13). The van der Waals surface area contributed by atoms with E-state index in [4.69, 9.17) is 20.8 Å². The molecule has 0 saturated carbocycles. The van der Waals surface area contributed by atoms with Crippen LogP contribution in [-0.4, -0.2) is 34.3 Å². The number of aliphatic hydroxyl groups is 1. The fraction of sp³-hybridized carbons (Fsp3) is 0.400. The van der Waals surface area contributed by atoms with Crippen molar-refractivity contribution in [1.29, 1.82) is 0 Å². The molecule has 16 heavy (non-hydrogen) atoms. The molecule has 0 aliphatic carbocycles. The van der Waals surface area contributed by atoms with Crippen molar-refractivity contribution in [1.82, 2.24) is 4.98 Å². The SMILES string of the molecule is Cc1ccnc(OCCCO)c1/C(N)=N/O. The zero-order valence-corrected chi connectivity index (χ0v) is 9.05. The third-order valence-corrected chi connectivity index (χ3v) is 2.03. The fourth-order valence-corrected chi connectivity index (χ4v) is 1.24. The Kier molecular flexibility index (Phi) is 4.53. The second-order valence-corrected chi connectivity index (χ2v) is 3.22. The first kappa shape index (κ1) is 12.3. The van der Waals surface area contributed by atoms with E-state index in [2.05, 4.69) is 10.1 Å². The first-order chi connectivity index (χ1) is 7.70. The summed E-state index contributed by atoms with van der Waals surface area (Å²) in [7, 11) is 0. The molecule has 6 heteroatoms. The Morgan fingerprint density at radius 2 is 2.38 bits per heavy atom. The van der Waals surface area contributed by atoms with E-state index >= 15 is 0 Å². The summed E-state index contributed by atoms with van der Waals surface area (Å²) in [5.74, 6) is 0.272. The van der Waals surface area contributed by atoms with Crippen LogP contribution in [-0.2, 0) is 0 Å². The number of aromatic nitrogens is 1. The van der Waals surface area contributed by atoms with Crippen LogP contribution in [0.3, 0.4) is 0 Å². The Hall–Kier alpha value is -1.82. The summed E-state index contributed by atoms with van der Waals surface area (Å²) in [4.78, 5) is 4.00. The van der Waals surface area contributed by atoms with Gasteiger partial charge in [0.05, 0.1) is 12.2 Å². The number of amidine groups is 1. The number of nitrogens with two attached hydrogens (primary N) is 1. The molecule has 1 rings (SSSR count). The van der Waals surface area contributed by atoms with Gasteiger partial charge in [-0.05, 0) is 18.6 Å². The van der Waals surface area contributed by atoms with Crippen molar-refractivity contribution >= 4 is 5.84 Å². The summed E-state index contributed by atoms with van der Waals surface area (Å²) < 4.78 is 5.34. The molecule has 0 atom stereocenters. The van der Waals surface area contributed by atoms with Crippen LogP contribution in [0.5, 0.6) is 5.88 Å². The predicted molar refractivity (Wildman–Crippen MR) is 58.7 cm³/mol. The summed E-state index contributed by atoms with van der Waals surface area (Å²) in [6, 6.07) is 1.74. The van der Waals surface area contributed by atoms with Crippen LogP contribution < -0.4 is 10.5 Å². The highest BCUT2D eigenvalue weighted by Crippen LogP contribution is 2.18. The maximum absolute atomic E-state index is 8.65. The summed E-state index contributed by atoms with van der Waals surface area (Å²) in [5.41, 5.74) is 6.82. The van der Waals surface area contributed by atoms with Crippen LogP contribution in [0.4, 0.5) is 0 Å². The molecule has 0 bridgehead atoms. The number of hydrogen-bond donors (Lipinski definition) is 3. The van der Waals surface area contributed by atoms with Gasteiger partial charge in [-0.1, -0.05) is 5.16 Å². The van der Waals surface area contributed by atoms with Gasteiger partial charge in [0.15, 0.2) is 5.84 Å². The minimum absolute atomic E-state index is 0.0374. The molecule has 4 N–H and O–H groups in total. The van der Waals surface area contributed by atoms with Gasteiger partial charge in [0.1, 0.15) is 0 Å². The smallest absolute Gasteiger partial charge is 0.224 e. The molecule has 0 unspecified atom stereocenters. The number of aryl methyl sites for hydroxylation is 1. The lowest BCUT2D eigenvalue weighted by atomic mass is 10.1. The number of rotatable bonds is 5. The number of oxime groups is 1. The van der Waals surface area contributed by atoms with E-state index in [1.54, 1.807) is 12.3 Å². The Balaban J connectivity index is 2.94. The maximum atomic E-state index is 8.65. The van der Waals surface area contributed by atoms with Crippen molar-refractivity contribution in [2.24, 2.45) is 10.9 Å². The van der Waals surface area contributed by atoms with E-state index in [1.165, 1.54) is 0 Å². The van der Waals surface area contributed by atoms with Gasteiger partial charge in [-0.3, -0.25) is 0 Å². The zero-order valence-electron chi connectivity index (χ0n) is 9.05. The van der Waals surface area contributed by atoms with E-state index in [0.29, 0.717) is 24.5 Å². The molecule has 0 aliphatic heterocycles. The summed E-state index contributed by atoms with van der Waals surface area (Å²) in [6.45, 7) is 2.19. The molecule has 0 amide bonds. The highest BCUT2D eigenvalue weighted by atomic mass is 16.5. The third kappa shape index (κ3) is 2.83. The van der Waals surface area contributed by atoms with Crippen molar-refractivity contribution in [2.45, 2.75) is 13.3 Å². The Labute approximate surface area is 93.4 Å². The van der Waals surface area contributed by atoms with Crippen LogP contribution in [0, 0.1) is 6.92 Å². The van der Waals surface area contributed by atoms with Crippen molar-refractivity contribution in [3.8, 4) is 5.88 Å². The average molecular weight is 225 g/mol. The fourth-order valence-electron chi connectivity index (χ4n) is 1.24. The van der Waals surface area contributed by atoms with Crippen LogP contribution in [0.1, 0.15) is 17.5 Å². The molecule has 0 radical (unpaired) electrons. The van der Waals surface area contributed by atoms with Gasteiger partial charge < -0.3 is 20.8 Å². The Morgan fingerprint density at radius 3 is 3.00 bits per heavy atom. The van der Waals surface area contributed by atoms with Gasteiger partial charge in [0.2, 0.25) is 5.88 Å². The molecule has 0 aliphatic rings. The average Bonchev–Trinajstić information content (AvgIpc) is 2.29. The molecule has 1 aromatic heterocycles. The molecular formula is C10H15N3O3. The zero-order chi connectivity index (χ0) is 12.0. The van der Waals surface area contributed by atoms with Crippen LogP contribution in [0.25, 0.3) is 0 Å². The third-order valence-electron chi connectivity index (χ3n) is 2.03. The molecule has 0 aromatic carbocycles. The normalized spacial score (nSPS) is 11.5. The highest BCUT2D eigenvalue weighted by molar-refractivity contribution is 6.00. The largest absolute Gasteiger partial charge is 0.477 e.